The van der Waals surface area contributed by atoms with Crippen LogP contribution in [-0.4, -0.2) is 33.5 Å². The highest BCUT2D eigenvalue weighted by atomic mass is 16.4. The van der Waals surface area contributed by atoms with Gasteiger partial charge < -0.3 is 15.3 Å². The Labute approximate surface area is 157 Å². The predicted molar refractivity (Wildman–Crippen MR) is 102 cm³/mol. The maximum absolute atomic E-state index is 10.6. The molecular weight excluding hydrogens is 328 g/mol. The van der Waals surface area contributed by atoms with Crippen molar-refractivity contribution in [3.05, 3.63) is 23.8 Å². The Morgan fingerprint density at radius 2 is 2.15 bits per heavy atom. The first-order valence-electron chi connectivity index (χ1n) is 9.76. The largest absolute Gasteiger partial charge is 0.481 e. The maximum atomic E-state index is 10.6. The minimum absolute atomic E-state index is 0.0845. The van der Waals surface area contributed by atoms with Gasteiger partial charge in [-0.05, 0) is 56.8 Å². The van der Waals surface area contributed by atoms with Crippen LogP contribution in [0.2, 0.25) is 0 Å². The first-order valence-corrected chi connectivity index (χ1v) is 9.76. The average molecular weight is 360 g/mol. The summed E-state index contributed by atoms with van der Waals surface area (Å²) in [5.41, 5.74) is 1.41. The predicted octanol–water partition coefficient (Wildman–Crippen LogP) is 3.54. The van der Waals surface area contributed by atoms with Gasteiger partial charge in [0.05, 0.1) is 12.2 Å². The summed E-state index contributed by atoms with van der Waals surface area (Å²) in [5.74, 6) is 6.25. The van der Waals surface area contributed by atoms with Crippen LogP contribution in [0.4, 0.5) is 0 Å². The Kier molecular flexibility index (Phi) is 7.93. The van der Waals surface area contributed by atoms with Gasteiger partial charge in [0.15, 0.2) is 0 Å². The minimum atomic E-state index is -0.738. The molecule has 2 fully saturated rings. The Hall–Kier alpha value is -1.57. The van der Waals surface area contributed by atoms with E-state index in [1.165, 1.54) is 5.57 Å². The normalized spacial score (nSPS) is 31.6. The van der Waals surface area contributed by atoms with E-state index in [2.05, 4.69) is 17.9 Å². The van der Waals surface area contributed by atoms with E-state index < -0.39 is 12.1 Å². The zero-order chi connectivity index (χ0) is 19.1. The average Bonchev–Trinajstić information content (AvgIpc) is 3.10. The van der Waals surface area contributed by atoms with Crippen molar-refractivity contribution in [3.63, 3.8) is 0 Å². The molecule has 0 aromatic carbocycles. The number of unbranched alkanes of at least 4 members (excludes halogenated alkanes) is 1. The van der Waals surface area contributed by atoms with Crippen LogP contribution in [-0.2, 0) is 4.79 Å². The van der Waals surface area contributed by atoms with E-state index in [9.17, 15) is 15.0 Å². The molecule has 144 valence electrons. The smallest absolute Gasteiger partial charge is 0.303 e. The van der Waals surface area contributed by atoms with Crippen molar-refractivity contribution >= 4 is 5.97 Å². The van der Waals surface area contributed by atoms with Gasteiger partial charge in [0.25, 0.3) is 0 Å². The summed E-state index contributed by atoms with van der Waals surface area (Å²) < 4.78 is 0. The van der Waals surface area contributed by atoms with Crippen molar-refractivity contribution < 1.29 is 20.1 Å². The third kappa shape index (κ3) is 5.72. The van der Waals surface area contributed by atoms with E-state index >= 15 is 0 Å². The fourth-order valence-electron chi connectivity index (χ4n) is 4.31. The zero-order valence-electron chi connectivity index (χ0n) is 15.9. The van der Waals surface area contributed by atoms with E-state index in [1.807, 2.05) is 19.1 Å². The van der Waals surface area contributed by atoms with Crippen LogP contribution in [0.5, 0.6) is 0 Å². The molecule has 0 aromatic rings. The third-order valence-corrected chi connectivity index (χ3v) is 5.85. The number of fused-ring (bicyclic) bond motifs is 1. The molecule has 2 saturated carbocycles. The van der Waals surface area contributed by atoms with Crippen molar-refractivity contribution in [1.29, 1.82) is 0 Å². The van der Waals surface area contributed by atoms with E-state index in [0.29, 0.717) is 24.7 Å². The van der Waals surface area contributed by atoms with Gasteiger partial charge in [-0.1, -0.05) is 30.7 Å². The summed E-state index contributed by atoms with van der Waals surface area (Å²) in [6.45, 7) is 3.79. The molecule has 0 saturated heterocycles. The fraction of sp³-hybridized carbons (Fsp3) is 0.682. The summed E-state index contributed by atoms with van der Waals surface area (Å²) in [6.07, 6.45) is 10.4. The highest BCUT2D eigenvalue weighted by Crippen LogP contribution is 2.50. The van der Waals surface area contributed by atoms with Crippen LogP contribution < -0.4 is 0 Å². The molecule has 0 aliphatic heterocycles. The van der Waals surface area contributed by atoms with Gasteiger partial charge in [-0.2, -0.15) is 0 Å². The van der Waals surface area contributed by atoms with E-state index in [1.54, 1.807) is 6.92 Å². The quantitative estimate of drug-likeness (QED) is 0.351. The van der Waals surface area contributed by atoms with Gasteiger partial charge >= 0.3 is 5.97 Å². The second-order valence-electron chi connectivity index (χ2n) is 7.84. The molecule has 0 spiro atoms. The van der Waals surface area contributed by atoms with E-state index in [-0.39, 0.29) is 24.4 Å². The monoisotopic (exact) mass is 360 g/mol. The number of aliphatic hydroxyl groups is 2. The molecule has 4 heteroatoms. The molecule has 3 N–H and O–H groups in total. The summed E-state index contributed by atoms with van der Waals surface area (Å²) in [6, 6.07) is 0. The fourth-order valence-corrected chi connectivity index (χ4v) is 4.31. The molecule has 1 unspecified atom stereocenters. The van der Waals surface area contributed by atoms with Crippen LogP contribution in [0, 0.1) is 35.5 Å². The van der Waals surface area contributed by atoms with Crippen LogP contribution in [0.15, 0.2) is 23.8 Å². The first-order chi connectivity index (χ1) is 12.4. The highest BCUT2D eigenvalue weighted by molar-refractivity contribution is 5.66. The number of carboxylic acids is 1. The van der Waals surface area contributed by atoms with Crippen LogP contribution >= 0.6 is 0 Å². The molecule has 0 aromatic heterocycles. The Morgan fingerprint density at radius 3 is 2.85 bits per heavy atom. The number of aliphatic hydroxyl groups excluding tert-OH is 2. The molecule has 26 heavy (non-hydrogen) atoms. The van der Waals surface area contributed by atoms with Gasteiger partial charge in [-0.15, -0.1) is 11.8 Å². The summed E-state index contributed by atoms with van der Waals surface area (Å²) >= 11 is 0. The lowest BCUT2D eigenvalue weighted by atomic mass is 9.89. The second-order valence-corrected chi connectivity index (χ2v) is 7.84. The SMILES string of the molecule is CC#CCC(C)[C@@H](O)/C=C/[C@@H]1[C@H]2C/C(=C/CCCC(=O)O)C[C@H]2C[C@H]1O. The molecule has 6 atom stereocenters. The molecular formula is C22H32O4. The summed E-state index contributed by atoms with van der Waals surface area (Å²) in [4.78, 5) is 10.6. The number of aliphatic carboxylic acids is 1. The number of hydrogen-bond acceptors (Lipinski definition) is 3. The number of allylic oxidation sites excluding steroid dienone is 2. The molecule has 2 rings (SSSR count). The topological polar surface area (TPSA) is 77.8 Å². The highest BCUT2D eigenvalue weighted by Gasteiger charge is 2.44. The van der Waals surface area contributed by atoms with Crippen LogP contribution in [0.3, 0.4) is 0 Å². The zero-order valence-corrected chi connectivity index (χ0v) is 15.9. The number of carboxylic acid groups (broad SMARTS) is 1. The number of rotatable bonds is 8. The first kappa shape index (κ1) is 20.7. The lowest BCUT2D eigenvalue weighted by molar-refractivity contribution is -0.137. The lowest BCUT2D eigenvalue weighted by Gasteiger charge is -2.19. The Balaban J connectivity index is 1.89. The summed E-state index contributed by atoms with van der Waals surface area (Å²) in [5, 5.41) is 29.4. The van der Waals surface area contributed by atoms with Crippen LogP contribution in [0.25, 0.3) is 0 Å². The minimum Gasteiger partial charge on any atom is -0.481 e. The van der Waals surface area contributed by atoms with Gasteiger partial charge in [0.2, 0.25) is 0 Å². The van der Waals surface area contributed by atoms with E-state index in [0.717, 1.165) is 25.7 Å². The van der Waals surface area contributed by atoms with Crippen molar-refractivity contribution in [2.75, 3.05) is 0 Å². The molecule has 2 aliphatic rings. The van der Waals surface area contributed by atoms with E-state index in [4.69, 9.17) is 5.11 Å². The number of hydrogen-bond donors (Lipinski definition) is 3. The molecule has 0 radical (unpaired) electrons. The maximum Gasteiger partial charge on any atom is 0.303 e. The molecule has 4 nitrogen and oxygen atoms in total. The van der Waals surface area contributed by atoms with Crippen molar-refractivity contribution in [2.24, 2.45) is 23.7 Å². The van der Waals surface area contributed by atoms with Crippen LogP contribution in [0.1, 0.15) is 58.8 Å². The van der Waals surface area contributed by atoms with Crippen molar-refractivity contribution in [2.45, 2.75) is 71.0 Å². The second kappa shape index (κ2) is 9.94. The standard InChI is InChI=1S/C22H32O4/c1-3-4-7-15(2)20(23)11-10-18-19-13-16(8-5-6-9-22(25)26)12-17(19)14-21(18)24/h8,10-11,15,17-21,23-24H,5-7,9,12-14H2,1-2H3,(H,25,26)/b11-10+,16-8+/t15?,17-,18+,19-,20-,21+/m0/s1. The third-order valence-electron chi connectivity index (χ3n) is 5.85. The molecule has 0 heterocycles. The van der Waals surface area contributed by atoms with Gasteiger partial charge in [-0.25, -0.2) is 0 Å². The Morgan fingerprint density at radius 1 is 1.38 bits per heavy atom. The number of carbonyl (C=O) groups is 1. The van der Waals surface area contributed by atoms with Gasteiger partial charge in [-0.3, -0.25) is 4.79 Å². The Bertz CT molecular complexity index is 595. The molecule has 0 bridgehead atoms. The lowest BCUT2D eigenvalue weighted by Crippen LogP contribution is -2.19. The van der Waals surface area contributed by atoms with Gasteiger partial charge in [0, 0.05) is 18.8 Å². The molecule has 0 amide bonds. The van der Waals surface area contributed by atoms with Crippen molar-refractivity contribution in [3.8, 4) is 11.8 Å². The van der Waals surface area contributed by atoms with Gasteiger partial charge in [0.1, 0.15) is 0 Å². The summed E-state index contributed by atoms with van der Waals surface area (Å²) in [7, 11) is 0. The van der Waals surface area contributed by atoms with Crippen molar-refractivity contribution in [1.82, 2.24) is 0 Å². The molecule has 2 aliphatic carbocycles.